The lowest BCUT2D eigenvalue weighted by Crippen LogP contribution is -2.52. The van der Waals surface area contributed by atoms with Crippen LogP contribution in [-0.2, 0) is 9.59 Å². The first kappa shape index (κ1) is 31.0. The van der Waals surface area contributed by atoms with E-state index in [-0.39, 0.29) is 42.2 Å². The molecule has 41 heavy (non-hydrogen) atoms. The molecule has 1 unspecified atom stereocenters. The summed E-state index contributed by atoms with van der Waals surface area (Å²) >= 11 is 12.7. The molecule has 1 spiro atoms. The van der Waals surface area contributed by atoms with E-state index in [1.54, 1.807) is 30.3 Å². The van der Waals surface area contributed by atoms with Crippen molar-refractivity contribution in [1.82, 2.24) is 10.2 Å². The van der Waals surface area contributed by atoms with E-state index in [9.17, 15) is 14.4 Å². The van der Waals surface area contributed by atoms with E-state index in [0.717, 1.165) is 31.2 Å². The van der Waals surface area contributed by atoms with Crippen LogP contribution in [0.2, 0.25) is 10.0 Å². The topological polar surface area (TPSA) is 99.1 Å². The Morgan fingerprint density at radius 2 is 1.66 bits per heavy atom. The van der Waals surface area contributed by atoms with Crippen LogP contribution in [0, 0.1) is 17.3 Å². The van der Waals surface area contributed by atoms with E-state index in [1.807, 2.05) is 17.0 Å². The largest absolute Gasteiger partial charge is 0.481 e. The number of hydrogen-bond donors (Lipinski definition) is 2. The van der Waals surface area contributed by atoms with Crippen molar-refractivity contribution in [3.8, 4) is 0 Å². The molecule has 0 saturated heterocycles. The van der Waals surface area contributed by atoms with Gasteiger partial charge in [-0.1, -0.05) is 70.0 Å². The Bertz CT molecular complexity index is 1320. The zero-order valence-electron chi connectivity index (χ0n) is 24.3. The van der Waals surface area contributed by atoms with Crippen LogP contribution in [0.5, 0.6) is 0 Å². The van der Waals surface area contributed by atoms with E-state index in [2.05, 4.69) is 39.9 Å². The zero-order valence-corrected chi connectivity index (χ0v) is 25.9. The predicted octanol–water partition coefficient (Wildman–Crippen LogP) is 7.16. The molecule has 1 aliphatic heterocycles. The number of halogens is 2. The third-order valence-electron chi connectivity index (χ3n) is 8.39. The Labute approximate surface area is 252 Å². The van der Waals surface area contributed by atoms with Crippen molar-refractivity contribution in [2.45, 2.75) is 78.4 Å². The number of nitrogens with one attached hydrogen (secondary N) is 1. The number of aliphatic imine (C=N–C) groups is 1. The molecule has 220 valence electrons. The normalized spacial score (nSPS) is 21.8. The molecule has 0 bridgehead atoms. The molecule has 2 aromatic carbocycles. The lowest BCUT2D eigenvalue weighted by molar-refractivity contribution is -0.137. The Morgan fingerprint density at radius 3 is 2.17 bits per heavy atom. The number of nitrogens with zero attached hydrogens (tertiary/aromatic N) is 2. The summed E-state index contributed by atoms with van der Waals surface area (Å²) in [7, 11) is 0. The van der Waals surface area contributed by atoms with Crippen molar-refractivity contribution in [2.75, 3.05) is 6.54 Å². The molecule has 4 rings (SSSR count). The summed E-state index contributed by atoms with van der Waals surface area (Å²) in [6.07, 6.45) is 3.29. The lowest BCUT2D eigenvalue weighted by atomic mass is 9.69. The predicted molar refractivity (Wildman–Crippen MR) is 163 cm³/mol. The first-order valence-corrected chi connectivity index (χ1v) is 15.0. The second-order valence-corrected chi connectivity index (χ2v) is 13.5. The van der Waals surface area contributed by atoms with Crippen molar-refractivity contribution < 1.29 is 19.5 Å². The van der Waals surface area contributed by atoms with Crippen molar-refractivity contribution in [3.63, 3.8) is 0 Å². The van der Waals surface area contributed by atoms with Gasteiger partial charge in [-0.05, 0) is 78.8 Å². The van der Waals surface area contributed by atoms with Crippen molar-refractivity contribution >= 4 is 46.7 Å². The summed E-state index contributed by atoms with van der Waals surface area (Å²) in [6, 6.07) is 12.1. The molecule has 1 aliphatic carbocycles. The van der Waals surface area contributed by atoms with Crippen LogP contribution in [0.4, 0.5) is 0 Å². The molecule has 1 fully saturated rings. The summed E-state index contributed by atoms with van der Waals surface area (Å²) < 4.78 is 0. The van der Waals surface area contributed by atoms with Gasteiger partial charge in [0.05, 0.1) is 12.5 Å². The maximum absolute atomic E-state index is 14.3. The van der Waals surface area contributed by atoms with Crippen LogP contribution in [0.1, 0.15) is 94.2 Å². The highest BCUT2D eigenvalue weighted by Crippen LogP contribution is 2.50. The quantitative estimate of drug-likeness (QED) is 0.336. The van der Waals surface area contributed by atoms with E-state index in [1.165, 1.54) is 0 Å². The summed E-state index contributed by atoms with van der Waals surface area (Å²) in [5.41, 5.74) is 1.81. The Morgan fingerprint density at radius 1 is 1.07 bits per heavy atom. The minimum atomic E-state index is -0.970. The van der Waals surface area contributed by atoms with Gasteiger partial charge < -0.3 is 15.3 Å². The van der Waals surface area contributed by atoms with E-state index >= 15 is 0 Å². The fourth-order valence-electron chi connectivity index (χ4n) is 6.22. The third-order valence-corrected chi connectivity index (χ3v) is 8.82. The molecule has 9 heteroatoms. The molecule has 2 aliphatic rings. The number of carboxylic acid groups (broad SMARTS) is 1. The van der Waals surface area contributed by atoms with Crippen molar-refractivity contribution in [2.24, 2.45) is 22.2 Å². The van der Waals surface area contributed by atoms with Gasteiger partial charge in [0.2, 0.25) is 0 Å². The summed E-state index contributed by atoms with van der Waals surface area (Å²) in [5, 5.41) is 12.4. The fraction of sp³-hybridized carbons (Fsp3) is 0.500. The van der Waals surface area contributed by atoms with Gasteiger partial charge in [-0.25, -0.2) is 0 Å². The first-order valence-electron chi connectivity index (χ1n) is 14.2. The molecule has 0 radical (unpaired) electrons. The van der Waals surface area contributed by atoms with Crippen molar-refractivity contribution in [3.05, 3.63) is 69.2 Å². The van der Waals surface area contributed by atoms with Gasteiger partial charge in [0, 0.05) is 27.7 Å². The summed E-state index contributed by atoms with van der Waals surface area (Å²) in [5.74, 6) is -0.864. The minimum Gasteiger partial charge on any atom is -0.481 e. The average molecular weight is 601 g/mol. The number of carboxylic acids is 1. The Hall–Kier alpha value is -2.90. The van der Waals surface area contributed by atoms with Crippen LogP contribution < -0.4 is 5.32 Å². The summed E-state index contributed by atoms with van der Waals surface area (Å²) in [4.78, 5) is 44.9. The number of carbonyl (C=O) groups is 3. The highest BCUT2D eigenvalue weighted by atomic mass is 35.5. The standard InChI is InChI=1S/C32H39Cl2N3O4/c1-19(2)28(20-6-8-21(9-7-20)29(40)35-15-12-26(38)39)37-30(41)27(22-16-24(33)18-25(34)17-22)36-32(37)13-10-23(11-14-32)31(3,4)5/h6-9,16-19,23,28H,10-15H2,1-5H3,(H,35,40)(H,38,39). The molecule has 2 aromatic rings. The highest BCUT2D eigenvalue weighted by molar-refractivity contribution is 6.47. The van der Waals surface area contributed by atoms with Crippen LogP contribution in [0.15, 0.2) is 47.5 Å². The average Bonchev–Trinajstić information content (AvgIpc) is 3.14. The molecule has 1 saturated carbocycles. The number of hydrogen-bond acceptors (Lipinski definition) is 4. The summed E-state index contributed by atoms with van der Waals surface area (Å²) in [6.45, 7) is 11.0. The van der Waals surface area contributed by atoms with Gasteiger partial charge in [0.1, 0.15) is 11.4 Å². The molecule has 2 N–H and O–H groups in total. The van der Waals surface area contributed by atoms with Gasteiger partial charge in [0.25, 0.3) is 11.8 Å². The van der Waals surface area contributed by atoms with E-state index < -0.39 is 11.6 Å². The zero-order chi connectivity index (χ0) is 30.1. The number of benzene rings is 2. The Kier molecular flexibility index (Phi) is 9.19. The lowest BCUT2D eigenvalue weighted by Gasteiger charge is -2.48. The molecule has 2 amide bonds. The number of rotatable bonds is 8. The fourth-order valence-corrected chi connectivity index (χ4v) is 6.75. The highest BCUT2D eigenvalue weighted by Gasteiger charge is 2.53. The van der Waals surface area contributed by atoms with Gasteiger partial charge in [-0.3, -0.25) is 19.4 Å². The number of carbonyl (C=O) groups excluding carboxylic acids is 2. The Balaban J connectivity index is 1.70. The number of aliphatic carboxylic acids is 1. The monoisotopic (exact) mass is 599 g/mol. The maximum Gasteiger partial charge on any atom is 0.305 e. The molecular weight excluding hydrogens is 561 g/mol. The minimum absolute atomic E-state index is 0.0541. The van der Waals surface area contributed by atoms with Crippen LogP contribution in [0.25, 0.3) is 0 Å². The number of amides is 2. The molecular formula is C32H39Cl2N3O4. The van der Waals surface area contributed by atoms with Gasteiger partial charge in [0.15, 0.2) is 0 Å². The van der Waals surface area contributed by atoms with Gasteiger partial charge in [-0.15, -0.1) is 0 Å². The first-order chi connectivity index (χ1) is 19.2. The molecule has 1 atom stereocenters. The smallest absolute Gasteiger partial charge is 0.305 e. The maximum atomic E-state index is 14.3. The third kappa shape index (κ3) is 6.78. The van der Waals surface area contributed by atoms with E-state index in [4.69, 9.17) is 33.3 Å². The van der Waals surface area contributed by atoms with Crippen LogP contribution >= 0.6 is 23.2 Å². The van der Waals surface area contributed by atoms with E-state index in [0.29, 0.717) is 32.8 Å². The SMILES string of the molecule is CC(C)C(c1ccc(C(=O)NCCC(=O)O)cc1)N1C(=O)C(c2cc(Cl)cc(Cl)c2)=NC12CCC(C(C)(C)C)CC2. The van der Waals surface area contributed by atoms with Crippen LogP contribution in [-0.4, -0.2) is 45.7 Å². The van der Waals surface area contributed by atoms with Crippen molar-refractivity contribution in [1.29, 1.82) is 0 Å². The molecule has 0 aromatic heterocycles. The second kappa shape index (κ2) is 12.1. The second-order valence-electron chi connectivity index (χ2n) is 12.6. The molecule has 1 heterocycles. The van der Waals surface area contributed by atoms with Crippen LogP contribution in [0.3, 0.4) is 0 Å². The molecule has 7 nitrogen and oxygen atoms in total. The van der Waals surface area contributed by atoms with Gasteiger partial charge in [-0.2, -0.15) is 0 Å². The van der Waals surface area contributed by atoms with Gasteiger partial charge >= 0.3 is 5.97 Å².